The van der Waals surface area contributed by atoms with Gasteiger partial charge in [0.25, 0.3) is 0 Å². The number of ketones is 1. The van der Waals surface area contributed by atoms with Crippen molar-refractivity contribution in [2.75, 3.05) is 26.3 Å². The first-order chi connectivity index (χ1) is 8.78. The van der Waals surface area contributed by atoms with Gasteiger partial charge in [-0.25, -0.2) is 0 Å². The SMILES string of the molecule is CCC1COCCN1CC1C(=O)C(C)(C)OC1(C)C. The van der Waals surface area contributed by atoms with Crippen LogP contribution in [0.2, 0.25) is 0 Å². The van der Waals surface area contributed by atoms with Crippen molar-refractivity contribution in [3.63, 3.8) is 0 Å². The largest absolute Gasteiger partial charge is 0.378 e. The average molecular weight is 269 g/mol. The summed E-state index contributed by atoms with van der Waals surface area (Å²) < 4.78 is 11.5. The van der Waals surface area contributed by atoms with Crippen LogP contribution in [-0.2, 0) is 14.3 Å². The zero-order valence-corrected chi connectivity index (χ0v) is 12.9. The molecule has 0 aromatic carbocycles. The highest BCUT2D eigenvalue weighted by Gasteiger charge is 2.53. The van der Waals surface area contributed by atoms with Crippen LogP contribution in [0.25, 0.3) is 0 Å². The molecule has 0 spiro atoms. The third-order valence-electron chi connectivity index (χ3n) is 4.51. The van der Waals surface area contributed by atoms with Gasteiger partial charge in [-0.3, -0.25) is 9.69 Å². The van der Waals surface area contributed by atoms with E-state index in [1.165, 1.54) is 0 Å². The second-order valence-corrected chi connectivity index (χ2v) is 6.76. The van der Waals surface area contributed by atoms with Crippen LogP contribution in [0, 0.1) is 5.92 Å². The van der Waals surface area contributed by atoms with Gasteiger partial charge >= 0.3 is 0 Å². The third kappa shape index (κ3) is 2.86. The fraction of sp³-hybridized carbons (Fsp3) is 0.933. The van der Waals surface area contributed by atoms with E-state index in [4.69, 9.17) is 9.47 Å². The Morgan fingerprint density at radius 1 is 1.32 bits per heavy atom. The number of ether oxygens (including phenoxy) is 2. The fourth-order valence-corrected chi connectivity index (χ4v) is 3.36. The van der Waals surface area contributed by atoms with Crippen molar-refractivity contribution in [3.8, 4) is 0 Å². The molecule has 0 radical (unpaired) electrons. The molecule has 0 bridgehead atoms. The normalized spacial score (nSPS) is 34.7. The molecule has 2 fully saturated rings. The quantitative estimate of drug-likeness (QED) is 0.784. The Bertz CT molecular complexity index is 351. The third-order valence-corrected chi connectivity index (χ3v) is 4.51. The number of hydrogen-bond donors (Lipinski definition) is 0. The Labute approximate surface area is 116 Å². The monoisotopic (exact) mass is 269 g/mol. The van der Waals surface area contributed by atoms with Crippen LogP contribution in [-0.4, -0.2) is 54.2 Å². The summed E-state index contributed by atoms with van der Waals surface area (Å²) in [6, 6.07) is 0.432. The second kappa shape index (κ2) is 5.15. The van der Waals surface area contributed by atoms with Crippen LogP contribution in [0.15, 0.2) is 0 Å². The Morgan fingerprint density at radius 2 is 2.00 bits per heavy atom. The molecule has 0 aromatic rings. The molecule has 2 aliphatic heterocycles. The van der Waals surface area contributed by atoms with Crippen LogP contribution in [0.1, 0.15) is 41.0 Å². The van der Waals surface area contributed by atoms with Gasteiger partial charge in [0.15, 0.2) is 5.78 Å². The van der Waals surface area contributed by atoms with Gasteiger partial charge in [0.05, 0.1) is 24.7 Å². The van der Waals surface area contributed by atoms with E-state index in [9.17, 15) is 4.79 Å². The van der Waals surface area contributed by atoms with Gasteiger partial charge in [0, 0.05) is 19.1 Å². The molecule has 2 atom stereocenters. The van der Waals surface area contributed by atoms with Crippen molar-refractivity contribution in [2.24, 2.45) is 5.92 Å². The topological polar surface area (TPSA) is 38.8 Å². The molecule has 2 unspecified atom stereocenters. The van der Waals surface area contributed by atoms with E-state index in [1.807, 2.05) is 27.7 Å². The number of carbonyl (C=O) groups is 1. The van der Waals surface area contributed by atoms with Crippen LogP contribution in [0.5, 0.6) is 0 Å². The minimum Gasteiger partial charge on any atom is -0.378 e. The number of morpholine rings is 1. The lowest BCUT2D eigenvalue weighted by atomic mass is 9.85. The Hall–Kier alpha value is -0.450. The molecular formula is C15H27NO3. The lowest BCUT2D eigenvalue weighted by Crippen LogP contribution is -2.50. The predicted octanol–water partition coefficient (Wildman–Crippen LogP) is 1.87. The molecule has 0 N–H and O–H groups in total. The lowest BCUT2D eigenvalue weighted by molar-refractivity contribution is -0.132. The van der Waals surface area contributed by atoms with E-state index in [1.54, 1.807) is 0 Å². The van der Waals surface area contributed by atoms with Crippen molar-refractivity contribution in [2.45, 2.75) is 58.3 Å². The molecule has 4 heteroatoms. The minimum absolute atomic E-state index is 0.0466. The van der Waals surface area contributed by atoms with Crippen molar-refractivity contribution in [1.82, 2.24) is 4.90 Å². The van der Waals surface area contributed by atoms with Gasteiger partial charge in [-0.15, -0.1) is 0 Å². The fourth-order valence-electron chi connectivity index (χ4n) is 3.36. The summed E-state index contributed by atoms with van der Waals surface area (Å²) in [6.45, 7) is 13.3. The molecule has 2 saturated heterocycles. The number of rotatable bonds is 3. The van der Waals surface area contributed by atoms with E-state index in [-0.39, 0.29) is 17.3 Å². The molecule has 2 rings (SSSR count). The molecular weight excluding hydrogens is 242 g/mol. The smallest absolute Gasteiger partial charge is 0.171 e. The van der Waals surface area contributed by atoms with E-state index >= 15 is 0 Å². The summed E-state index contributed by atoms with van der Waals surface area (Å²) in [5.74, 6) is 0.188. The minimum atomic E-state index is -0.651. The maximum absolute atomic E-state index is 12.5. The molecule has 19 heavy (non-hydrogen) atoms. The van der Waals surface area contributed by atoms with Gasteiger partial charge in [-0.05, 0) is 34.1 Å². The molecule has 4 nitrogen and oxygen atoms in total. The van der Waals surface area contributed by atoms with E-state index < -0.39 is 5.60 Å². The van der Waals surface area contributed by atoms with E-state index in [0.717, 1.165) is 32.7 Å². The lowest BCUT2D eigenvalue weighted by Gasteiger charge is -2.38. The van der Waals surface area contributed by atoms with Crippen LogP contribution in [0.4, 0.5) is 0 Å². The molecule has 0 aromatic heterocycles. The molecule has 0 saturated carbocycles. The highest BCUT2D eigenvalue weighted by Crippen LogP contribution is 2.39. The van der Waals surface area contributed by atoms with Crippen LogP contribution < -0.4 is 0 Å². The number of nitrogens with zero attached hydrogens (tertiary/aromatic N) is 1. The Kier molecular flexibility index (Phi) is 4.05. The van der Waals surface area contributed by atoms with Crippen LogP contribution in [0.3, 0.4) is 0 Å². The Morgan fingerprint density at radius 3 is 2.53 bits per heavy atom. The first kappa shape index (κ1) is 14.9. The van der Waals surface area contributed by atoms with Crippen molar-refractivity contribution < 1.29 is 14.3 Å². The summed E-state index contributed by atoms with van der Waals surface area (Å²) in [5, 5.41) is 0. The zero-order chi connectivity index (χ0) is 14.3. The number of hydrogen-bond acceptors (Lipinski definition) is 4. The molecule has 2 aliphatic rings. The van der Waals surface area contributed by atoms with E-state index in [2.05, 4.69) is 11.8 Å². The maximum atomic E-state index is 12.5. The van der Waals surface area contributed by atoms with Crippen molar-refractivity contribution >= 4 is 5.78 Å². The predicted molar refractivity (Wildman–Crippen MR) is 74.2 cm³/mol. The first-order valence-corrected chi connectivity index (χ1v) is 7.34. The highest BCUT2D eigenvalue weighted by molar-refractivity contribution is 5.91. The molecule has 0 amide bonds. The van der Waals surface area contributed by atoms with Crippen molar-refractivity contribution in [1.29, 1.82) is 0 Å². The number of carbonyl (C=O) groups excluding carboxylic acids is 1. The van der Waals surface area contributed by atoms with Gasteiger partial charge in [0.1, 0.15) is 5.60 Å². The Balaban J connectivity index is 2.11. The van der Waals surface area contributed by atoms with Gasteiger partial charge < -0.3 is 9.47 Å². The number of Topliss-reactive ketones (excluding diaryl/α,β-unsaturated/α-hetero) is 1. The summed E-state index contributed by atoms with van der Waals surface area (Å²) in [7, 11) is 0. The van der Waals surface area contributed by atoms with Crippen LogP contribution >= 0.6 is 0 Å². The van der Waals surface area contributed by atoms with Gasteiger partial charge in [0.2, 0.25) is 0 Å². The standard InChI is InChI=1S/C15H27NO3/c1-6-11-10-18-8-7-16(11)9-12-13(17)15(4,5)19-14(12,2)3/h11-12H,6-10H2,1-5H3. The summed E-state index contributed by atoms with van der Waals surface area (Å²) >= 11 is 0. The molecule has 110 valence electrons. The second-order valence-electron chi connectivity index (χ2n) is 6.76. The zero-order valence-electron chi connectivity index (χ0n) is 12.9. The van der Waals surface area contributed by atoms with Crippen molar-refractivity contribution in [3.05, 3.63) is 0 Å². The summed E-state index contributed by atoms with van der Waals surface area (Å²) in [6.07, 6.45) is 1.06. The highest BCUT2D eigenvalue weighted by atomic mass is 16.5. The molecule has 0 aliphatic carbocycles. The summed E-state index contributed by atoms with van der Waals surface area (Å²) in [4.78, 5) is 14.9. The van der Waals surface area contributed by atoms with E-state index in [0.29, 0.717) is 6.04 Å². The summed E-state index contributed by atoms with van der Waals surface area (Å²) in [5.41, 5.74) is -1.03. The average Bonchev–Trinajstić information content (AvgIpc) is 2.48. The maximum Gasteiger partial charge on any atom is 0.171 e. The van der Waals surface area contributed by atoms with Gasteiger partial charge in [-0.2, -0.15) is 0 Å². The first-order valence-electron chi connectivity index (χ1n) is 7.34. The molecule has 2 heterocycles. The van der Waals surface area contributed by atoms with Gasteiger partial charge in [-0.1, -0.05) is 6.92 Å².